The van der Waals surface area contributed by atoms with Crippen molar-refractivity contribution in [2.45, 2.75) is 44.8 Å². The van der Waals surface area contributed by atoms with Gasteiger partial charge in [-0.2, -0.15) is 0 Å². The molecule has 134 valence electrons. The van der Waals surface area contributed by atoms with E-state index in [1.807, 2.05) is 44.2 Å². The number of rotatable bonds is 6. The Morgan fingerprint density at radius 1 is 1.20 bits per heavy atom. The number of benzene rings is 2. The minimum atomic E-state index is -1.22. The number of hydrogen-bond donors (Lipinski definition) is 2. The molecule has 0 bridgehead atoms. The van der Waals surface area contributed by atoms with Crippen LogP contribution >= 0.6 is 11.6 Å². The fourth-order valence-corrected chi connectivity index (χ4v) is 3.09. The molecule has 0 saturated carbocycles. The van der Waals surface area contributed by atoms with Crippen molar-refractivity contribution in [3.63, 3.8) is 0 Å². The summed E-state index contributed by atoms with van der Waals surface area (Å²) in [7, 11) is 0. The van der Waals surface area contributed by atoms with Crippen molar-refractivity contribution in [2.24, 2.45) is 0 Å². The normalized spacial score (nSPS) is 14.0. The van der Waals surface area contributed by atoms with Crippen LogP contribution in [0.15, 0.2) is 48.5 Å². The Labute approximate surface area is 152 Å². The molecule has 0 aliphatic heterocycles. The summed E-state index contributed by atoms with van der Waals surface area (Å²) in [5.74, 6) is -0.807. The molecule has 0 unspecified atom stereocenters. The topological polar surface area (TPSA) is 49.3 Å². The van der Waals surface area contributed by atoms with Gasteiger partial charge >= 0.3 is 0 Å². The highest BCUT2D eigenvalue weighted by atomic mass is 35.5. The first-order valence-corrected chi connectivity index (χ1v) is 8.57. The van der Waals surface area contributed by atoms with Crippen LogP contribution in [-0.4, -0.2) is 17.1 Å². The van der Waals surface area contributed by atoms with Crippen molar-refractivity contribution in [1.29, 1.82) is 0 Å². The van der Waals surface area contributed by atoms with Gasteiger partial charge in [0.15, 0.2) is 0 Å². The fourth-order valence-electron chi connectivity index (χ4n) is 2.82. The maximum absolute atomic E-state index is 13.9. The molecule has 2 N–H and O–H groups in total. The van der Waals surface area contributed by atoms with Crippen molar-refractivity contribution >= 4 is 17.5 Å². The van der Waals surface area contributed by atoms with E-state index in [2.05, 4.69) is 5.32 Å². The summed E-state index contributed by atoms with van der Waals surface area (Å²) in [5, 5.41) is 13.3. The van der Waals surface area contributed by atoms with Crippen LogP contribution in [0.1, 0.15) is 44.4 Å². The Balaban J connectivity index is 2.05. The van der Waals surface area contributed by atoms with E-state index >= 15 is 0 Å². The smallest absolute Gasteiger partial charge is 0.221 e. The number of hydrogen-bond acceptors (Lipinski definition) is 2. The summed E-state index contributed by atoms with van der Waals surface area (Å²) in [6.45, 7) is 5.59. The van der Waals surface area contributed by atoms with Crippen molar-refractivity contribution in [1.82, 2.24) is 5.32 Å². The second-order valence-electron chi connectivity index (χ2n) is 6.86. The van der Waals surface area contributed by atoms with Crippen LogP contribution < -0.4 is 5.32 Å². The number of aliphatic hydroxyl groups is 1. The Morgan fingerprint density at radius 2 is 1.84 bits per heavy atom. The van der Waals surface area contributed by atoms with Crippen LogP contribution in [0.2, 0.25) is 5.02 Å². The minimum absolute atomic E-state index is 0.000661. The van der Waals surface area contributed by atoms with E-state index in [-0.39, 0.29) is 28.3 Å². The molecule has 0 fully saturated rings. The van der Waals surface area contributed by atoms with Crippen LogP contribution in [0.4, 0.5) is 4.39 Å². The molecular formula is C20H23ClFNO2. The zero-order valence-electron chi connectivity index (χ0n) is 14.6. The second-order valence-corrected chi connectivity index (χ2v) is 7.27. The molecular weight excluding hydrogens is 341 g/mol. The third kappa shape index (κ3) is 4.80. The van der Waals surface area contributed by atoms with Crippen LogP contribution in [0.5, 0.6) is 0 Å². The number of aliphatic hydroxyl groups excluding tert-OH is 1. The first-order chi connectivity index (χ1) is 11.7. The zero-order valence-corrected chi connectivity index (χ0v) is 15.3. The van der Waals surface area contributed by atoms with E-state index in [4.69, 9.17) is 11.6 Å². The SMILES string of the molecule is C[C@@H](NC(=O)CC(C)(C)c1ccccc1)[C@H](O)c1c(F)cccc1Cl. The van der Waals surface area contributed by atoms with Gasteiger partial charge < -0.3 is 10.4 Å². The summed E-state index contributed by atoms with van der Waals surface area (Å²) in [6.07, 6.45) is -0.975. The highest BCUT2D eigenvalue weighted by Crippen LogP contribution is 2.29. The third-order valence-electron chi connectivity index (χ3n) is 4.32. The molecule has 0 aromatic heterocycles. The summed E-state index contributed by atoms with van der Waals surface area (Å²) >= 11 is 5.98. The molecule has 0 aliphatic rings. The monoisotopic (exact) mass is 363 g/mol. The molecule has 0 saturated heterocycles. The van der Waals surface area contributed by atoms with E-state index < -0.39 is 18.0 Å². The van der Waals surface area contributed by atoms with Gasteiger partial charge in [-0.15, -0.1) is 0 Å². The molecule has 5 heteroatoms. The van der Waals surface area contributed by atoms with Gasteiger partial charge in [0.2, 0.25) is 5.91 Å². The Morgan fingerprint density at radius 3 is 2.44 bits per heavy atom. The number of halogens is 2. The van der Waals surface area contributed by atoms with Crippen LogP contribution in [0.25, 0.3) is 0 Å². The van der Waals surface area contributed by atoms with Crippen LogP contribution in [0, 0.1) is 5.82 Å². The van der Waals surface area contributed by atoms with Gasteiger partial charge in [-0.1, -0.05) is 61.8 Å². The highest BCUT2D eigenvalue weighted by molar-refractivity contribution is 6.31. The molecule has 2 aromatic rings. The van der Waals surface area contributed by atoms with E-state index in [9.17, 15) is 14.3 Å². The Kier molecular flexibility index (Phi) is 6.20. The fraction of sp³-hybridized carbons (Fsp3) is 0.350. The molecule has 0 heterocycles. The first-order valence-electron chi connectivity index (χ1n) is 8.19. The largest absolute Gasteiger partial charge is 0.386 e. The van der Waals surface area contributed by atoms with Crippen molar-refractivity contribution in [3.8, 4) is 0 Å². The molecule has 1 amide bonds. The predicted molar refractivity (Wildman–Crippen MR) is 98.1 cm³/mol. The third-order valence-corrected chi connectivity index (χ3v) is 4.65. The van der Waals surface area contributed by atoms with E-state index in [1.165, 1.54) is 18.2 Å². The van der Waals surface area contributed by atoms with Crippen LogP contribution in [0.3, 0.4) is 0 Å². The molecule has 3 nitrogen and oxygen atoms in total. The van der Waals surface area contributed by atoms with Gasteiger partial charge in [0, 0.05) is 17.0 Å². The molecule has 25 heavy (non-hydrogen) atoms. The summed E-state index contributed by atoms with van der Waals surface area (Å²) < 4.78 is 13.9. The highest BCUT2D eigenvalue weighted by Gasteiger charge is 2.28. The average molecular weight is 364 g/mol. The lowest BCUT2D eigenvalue weighted by atomic mass is 9.81. The van der Waals surface area contributed by atoms with Gasteiger partial charge in [0.25, 0.3) is 0 Å². The molecule has 0 radical (unpaired) electrons. The lowest BCUT2D eigenvalue weighted by molar-refractivity contribution is -0.123. The van der Waals surface area contributed by atoms with Gasteiger partial charge in [-0.3, -0.25) is 4.79 Å². The van der Waals surface area contributed by atoms with E-state index in [1.54, 1.807) is 6.92 Å². The minimum Gasteiger partial charge on any atom is -0.386 e. The quantitative estimate of drug-likeness (QED) is 0.799. The lowest BCUT2D eigenvalue weighted by Gasteiger charge is -2.27. The molecule has 2 rings (SSSR count). The molecule has 2 atom stereocenters. The maximum Gasteiger partial charge on any atom is 0.221 e. The summed E-state index contributed by atoms with van der Waals surface area (Å²) in [4.78, 5) is 12.4. The van der Waals surface area contributed by atoms with Gasteiger partial charge in [-0.25, -0.2) is 4.39 Å². The zero-order chi connectivity index (χ0) is 18.6. The Hall–Kier alpha value is -1.91. The van der Waals surface area contributed by atoms with Gasteiger partial charge in [0.05, 0.1) is 6.04 Å². The maximum atomic E-state index is 13.9. The first kappa shape index (κ1) is 19.4. The summed E-state index contributed by atoms with van der Waals surface area (Å²) in [5.41, 5.74) is 0.695. The van der Waals surface area contributed by atoms with Gasteiger partial charge in [-0.05, 0) is 30.0 Å². The molecule has 0 aliphatic carbocycles. The molecule has 0 spiro atoms. The van der Waals surface area contributed by atoms with Crippen molar-refractivity contribution in [2.75, 3.05) is 0 Å². The van der Waals surface area contributed by atoms with Crippen molar-refractivity contribution < 1.29 is 14.3 Å². The standard InChI is InChI=1S/C20H23ClFNO2/c1-13(19(25)18-15(21)10-7-11-16(18)22)23-17(24)12-20(2,3)14-8-5-4-6-9-14/h4-11,13,19,25H,12H2,1-3H3,(H,23,24)/t13-,19+/m1/s1. The number of carbonyl (C=O) groups excluding carboxylic acids is 1. The number of carbonyl (C=O) groups is 1. The number of amides is 1. The number of nitrogens with one attached hydrogen (secondary N) is 1. The van der Waals surface area contributed by atoms with Gasteiger partial charge in [0.1, 0.15) is 11.9 Å². The van der Waals surface area contributed by atoms with E-state index in [0.717, 1.165) is 5.56 Å². The van der Waals surface area contributed by atoms with E-state index in [0.29, 0.717) is 0 Å². The lowest BCUT2D eigenvalue weighted by Crippen LogP contribution is -2.40. The molecule has 2 aromatic carbocycles. The Bertz CT molecular complexity index is 713. The summed E-state index contributed by atoms with van der Waals surface area (Å²) in [6, 6.07) is 13.3. The average Bonchev–Trinajstić information content (AvgIpc) is 2.54. The van der Waals surface area contributed by atoms with Crippen LogP contribution in [-0.2, 0) is 10.2 Å². The predicted octanol–water partition coefficient (Wildman–Crippen LogP) is 4.39. The van der Waals surface area contributed by atoms with Crippen molar-refractivity contribution in [3.05, 3.63) is 70.5 Å². The second kappa shape index (κ2) is 7.98.